The first-order valence-electron chi connectivity index (χ1n) is 17.6. The maximum atomic E-state index is 6.66. The quantitative estimate of drug-likeness (QED) is 0.122. The molecule has 7 rings (SSSR count). The van der Waals surface area contributed by atoms with Gasteiger partial charge in [0.25, 0.3) is 0 Å². The SMILES string of the molecule is CCCCc1ccc2c(c1)c1ccc(Oc3[c-]c(-n4nc(C)c(-c5ccccc5)c4C)cc(CCC(C)C)c3)[c-]c1n2-c1cc(C)ccn1.[Pt+2]. The zero-order valence-electron chi connectivity index (χ0n) is 29.8. The molecule has 3 aromatic heterocycles. The molecular formula is C44H44N4OPt. The molecule has 0 amide bonds. The molecule has 5 nitrogen and oxygen atoms in total. The van der Waals surface area contributed by atoms with Crippen LogP contribution in [-0.4, -0.2) is 19.3 Å². The van der Waals surface area contributed by atoms with Crippen molar-refractivity contribution in [2.75, 3.05) is 0 Å². The zero-order valence-corrected chi connectivity index (χ0v) is 32.1. The topological polar surface area (TPSA) is 44.9 Å². The van der Waals surface area contributed by atoms with Crippen LogP contribution < -0.4 is 4.74 Å². The van der Waals surface area contributed by atoms with Gasteiger partial charge >= 0.3 is 21.1 Å². The average Bonchev–Trinajstić information content (AvgIpc) is 3.58. The number of aromatic nitrogens is 4. The molecule has 0 aliphatic rings. The van der Waals surface area contributed by atoms with Gasteiger partial charge in [-0.05, 0) is 91.9 Å². The molecule has 0 unspecified atom stereocenters. The minimum absolute atomic E-state index is 0. The van der Waals surface area contributed by atoms with Crippen molar-refractivity contribution in [1.82, 2.24) is 19.3 Å². The van der Waals surface area contributed by atoms with E-state index in [-0.39, 0.29) is 21.1 Å². The van der Waals surface area contributed by atoms with Gasteiger partial charge in [-0.25, -0.2) is 4.98 Å². The van der Waals surface area contributed by atoms with Crippen LogP contribution in [-0.2, 0) is 33.9 Å². The normalized spacial score (nSPS) is 11.4. The molecule has 0 fully saturated rings. The Hall–Kier alpha value is -4.47. The molecule has 0 atom stereocenters. The van der Waals surface area contributed by atoms with Crippen molar-refractivity contribution in [2.24, 2.45) is 5.92 Å². The number of pyridine rings is 1. The number of aryl methyl sites for hydroxylation is 4. The van der Waals surface area contributed by atoms with Crippen LogP contribution in [0.1, 0.15) is 68.1 Å². The predicted molar refractivity (Wildman–Crippen MR) is 201 cm³/mol. The van der Waals surface area contributed by atoms with Crippen molar-refractivity contribution in [3.63, 3.8) is 0 Å². The standard InChI is InChI=1S/C44H44N4O.Pt/c1-7-8-12-33-17-20-41-40(26-33)39-19-18-37(28-42(39)47(41)43-23-30(4)21-22-45-43)49-38-25-34(16-15-29(2)3)24-36(27-38)48-32(6)44(31(5)46-48)35-13-10-9-11-14-35;/h9-11,13-14,17-26,29H,7-8,12,15-16H2,1-6H3;/q-2;+2. The number of hydrogen-bond acceptors (Lipinski definition) is 3. The summed E-state index contributed by atoms with van der Waals surface area (Å²) in [7, 11) is 0. The summed E-state index contributed by atoms with van der Waals surface area (Å²) in [6.07, 6.45) is 7.31. The molecule has 0 aliphatic heterocycles. The molecule has 0 spiro atoms. The van der Waals surface area contributed by atoms with E-state index in [0.717, 1.165) is 75.3 Å². The van der Waals surface area contributed by atoms with Crippen molar-refractivity contribution in [1.29, 1.82) is 0 Å². The van der Waals surface area contributed by atoms with Gasteiger partial charge in [-0.2, -0.15) is 16.7 Å². The van der Waals surface area contributed by atoms with Crippen LogP contribution in [0.3, 0.4) is 0 Å². The van der Waals surface area contributed by atoms with Crippen LogP contribution in [0.15, 0.2) is 91.1 Å². The summed E-state index contributed by atoms with van der Waals surface area (Å²) in [5, 5.41) is 7.34. The summed E-state index contributed by atoms with van der Waals surface area (Å²) in [5.41, 5.74) is 11.0. The van der Waals surface area contributed by atoms with Gasteiger partial charge in [-0.1, -0.05) is 81.6 Å². The fraction of sp³-hybridized carbons (Fsp3) is 0.273. The van der Waals surface area contributed by atoms with E-state index >= 15 is 0 Å². The first-order chi connectivity index (χ1) is 23.8. The van der Waals surface area contributed by atoms with Crippen molar-refractivity contribution < 1.29 is 25.8 Å². The summed E-state index contributed by atoms with van der Waals surface area (Å²) >= 11 is 0. The molecule has 0 saturated heterocycles. The molecule has 0 aliphatic carbocycles. The third kappa shape index (κ3) is 7.21. The van der Waals surface area contributed by atoms with E-state index in [0.29, 0.717) is 17.4 Å². The second-order valence-electron chi connectivity index (χ2n) is 13.7. The Bertz CT molecular complexity index is 2260. The van der Waals surface area contributed by atoms with Gasteiger partial charge in [0.2, 0.25) is 0 Å². The predicted octanol–water partition coefficient (Wildman–Crippen LogP) is 11.3. The average molecular weight is 840 g/mol. The molecule has 7 aromatic rings. The van der Waals surface area contributed by atoms with Gasteiger partial charge in [0.05, 0.1) is 5.69 Å². The van der Waals surface area contributed by atoms with Crippen molar-refractivity contribution in [3.05, 3.63) is 131 Å². The number of ether oxygens (including phenoxy) is 1. The minimum atomic E-state index is 0. The minimum Gasteiger partial charge on any atom is -0.509 e. The van der Waals surface area contributed by atoms with E-state index in [9.17, 15) is 0 Å². The number of nitrogens with zero attached hydrogens (tertiary/aromatic N) is 4. The maximum Gasteiger partial charge on any atom is 2.00 e. The van der Waals surface area contributed by atoms with Gasteiger partial charge in [0.1, 0.15) is 5.82 Å². The smallest absolute Gasteiger partial charge is 0.509 e. The molecular weight excluding hydrogens is 796 g/mol. The Kier molecular flexibility index (Phi) is 10.7. The first-order valence-corrected chi connectivity index (χ1v) is 17.6. The summed E-state index contributed by atoms with van der Waals surface area (Å²) in [4.78, 5) is 4.78. The summed E-state index contributed by atoms with van der Waals surface area (Å²) in [5.74, 6) is 2.75. The number of benzene rings is 4. The second kappa shape index (κ2) is 15.2. The molecule has 3 heterocycles. The number of fused-ring (bicyclic) bond motifs is 3. The van der Waals surface area contributed by atoms with E-state index in [1.807, 2.05) is 29.1 Å². The number of rotatable bonds is 11. The Labute approximate surface area is 310 Å². The van der Waals surface area contributed by atoms with Gasteiger partial charge in [-0.15, -0.1) is 35.7 Å². The van der Waals surface area contributed by atoms with Gasteiger partial charge in [0, 0.05) is 34.5 Å². The number of unbranched alkanes of at least 4 members (excludes halogenated alkanes) is 1. The van der Waals surface area contributed by atoms with Crippen LogP contribution in [0.25, 0.3) is 44.4 Å². The van der Waals surface area contributed by atoms with Gasteiger partial charge < -0.3 is 9.30 Å². The third-order valence-electron chi connectivity index (χ3n) is 9.36. The van der Waals surface area contributed by atoms with E-state index in [2.05, 4.69) is 125 Å². The van der Waals surface area contributed by atoms with E-state index in [4.69, 9.17) is 14.8 Å². The van der Waals surface area contributed by atoms with E-state index in [1.54, 1.807) is 0 Å². The summed E-state index contributed by atoms with van der Waals surface area (Å²) < 4.78 is 10.9. The third-order valence-corrected chi connectivity index (χ3v) is 9.36. The van der Waals surface area contributed by atoms with Crippen molar-refractivity contribution >= 4 is 21.8 Å². The van der Waals surface area contributed by atoms with Crippen molar-refractivity contribution in [2.45, 2.75) is 73.6 Å². The van der Waals surface area contributed by atoms with Crippen LogP contribution >= 0.6 is 0 Å². The molecule has 0 bridgehead atoms. The van der Waals surface area contributed by atoms with Crippen LogP contribution in [0.4, 0.5) is 0 Å². The molecule has 0 N–H and O–H groups in total. The Morgan fingerprint density at radius 3 is 2.38 bits per heavy atom. The van der Waals surface area contributed by atoms with Gasteiger partial charge in [0.15, 0.2) is 0 Å². The Balaban J connectivity index is 0.00000432. The van der Waals surface area contributed by atoms with Crippen molar-refractivity contribution in [3.8, 4) is 34.1 Å². The molecule has 6 heteroatoms. The number of hydrogen-bond donors (Lipinski definition) is 0. The summed E-state index contributed by atoms with van der Waals surface area (Å²) in [6, 6.07) is 37.2. The monoisotopic (exact) mass is 839 g/mol. The van der Waals surface area contributed by atoms with Crippen LogP contribution in [0.5, 0.6) is 11.5 Å². The van der Waals surface area contributed by atoms with Gasteiger partial charge in [-0.3, -0.25) is 4.68 Å². The fourth-order valence-electron chi connectivity index (χ4n) is 6.82. The molecule has 0 radical (unpaired) electrons. The molecule has 4 aromatic carbocycles. The zero-order chi connectivity index (χ0) is 34.1. The maximum absolute atomic E-state index is 6.66. The van der Waals surface area contributed by atoms with E-state index in [1.165, 1.54) is 29.4 Å². The van der Waals surface area contributed by atoms with Crippen LogP contribution in [0.2, 0.25) is 0 Å². The molecule has 256 valence electrons. The molecule has 0 saturated carbocycles. The fourth-order valence-corrected chi connectivity index (χ4v) is 6.82. The van der Waals surface area contributed by atoms with E-state index < -0.39 is 0 Å². The Morgan fingerprint density at radius 1 is 0.800 bits per heavy atom. The summed E-state index contributed by atoms with van der Waals surface area (Å²) in [6.45, 7) is 13.1. The molecule has 50 heavy (non-hydrogen) atoms. The first kappa shape index (κ1) is 35.4. The Morgan fingerprint density at radius 2 is 1.62 bits per heavy atom. The second-order valence-corrected chi connectivity index (χ2v) is 13.7. The van der Waals surface area contributed by atoms with Crippen LogP contribution in [0, 0.1) is 38.8 Å². The largest absolute Gasteiger partial charge is 2.00 e.